The lowest BCUT2D eigenvalue weighted by molar-refractivity contribution is 0.758. The van der Waals surface area contributed by atoms with Crippen molar-refractivity contribution < 1.29 is 0 Å². The van der Waals surface area contributed by atoms with E-state index in [1.807, 2.05) is 25.5 Å². The number of rotatable bonds is 6. The van der Waals surface area contributed by atoms with E-state index >= 15 is 0 Å². The highest BCUT2D eigenvalue weighted by Gasteiger charge is 2.07. The van der Waals surface area contributed by atoms with E-state index in [1.54, 1.807) is 17.4 Å². The topological polar surface area (TPSA) is 80.0 Å². The number of aromatic nitrogens is 4. The molecule has 2 rings (SSSR count). The number of nitrogens with zero attached hydrogens (tertiary/aromatic N) is 5. The Morgan fingerprint density at radius 1 is 1.30 bits per heavy atom. The summed E-state index contributed by atoms with van der Waals surface area (Å²) in [6.45, 7) is 11.5. The minimum Gasteiger partial charge on any atom is -0.353 e. The Bertz CT molecular complexity index is 679. The first-order valence-electron chi connectivity index (χ1n) is 7.42. The van der Waals surface area contributed by atoms with Gasteiger partial charge in [0.25, 0.3) is 0 Å². The molecule has 0 spiro atoms. The van der Waals surface area contributed by atoms with Gasteiger partial charge in [-0.3, -0.25) is 0 Å². The van der Waals surface area contributed by atoms with Gasteiger partial charge in [0.2, 0.25) is 0 Å². The Labute approximate surface area is 140 Å². The first kappa shape index (κ1) is 17.1. The smallest absolute Gasteiger partial charge is 0.192 e. The fourth-order valence-electron chi connectivity index (χ4n) is 1.86. The summed E-state index contributed by atoms with van der Waals surface area (Å²) >= 11 is 1.70. The van der Waals surface area contributed by atoms with Gasteiger partial charge in [-0.05, 0) is 20.8 Å². The standard InChI is InChI=1S/C15H23N7S/c1-6-7-16-15(17-8-13-21-20-12(4)22(13)5)18-9-14-19-10(2)11(3)23-14/h6H,1,7-9H2,2-5H3,(H2,16,17,18). The van der Waals surface area contributed by atoms with E-state index in [-0.39, 0.29) is 0 Å². The molecule has 124 valence electrons. The van der Waals surface area contributed by atoms with Gasteiger partial charge in [0, 0.05) is 18.5 Å². The number of nitrogens with one attached hydrogen (secondary N) is 2. The number of aliphatic imine (C=N–C) groups is 1. The van der Waals surface area contributed by atoms with Crippen LogP contribution in [0.2, 0.25) is 0 Å². The molecule has 0 aliphatic carbocycles. The third-order valence-electron chi connectivity index (χ3n) is 3.46. The van der Waals surface area contributed by atoms with Crippen molar-refractivity contribution in [3.8, 4) is 0 Å². The molecule has 0 saturated heterocycles. The van der Waals surface area contributed by atoms with Crippen LogP contribution in [0, 0.1) is 20.8 Å². The van der Waals surface area contributed by atoms with Gasteiger partial charge in [-0.25, -0.2) is 9.98 Å². The number of hydrogen-bond acceptors (Lipinski definition) is 5. The summed E-state index contributed by atoms with van der Waals surface area (Å²) in [5, 5.41) is 15.7. The molecule has 0 atom stereocenters. The minimum atomic E-state index is 0.458. The number of aryl methyl sites for hydroxylation is 3. The molecule has 0 unspecified atom stereocenters. The van der Waals surface area contributed by atoms with Crippen LogP contribution in [0.15, 0.2) is 17.6 Å². The van der Waals surface area contributed by atoms with Crippen molar-refractivity contribution >= 4 is 17.3 Å². The van der Waals surface area contributed by atoms with Crippen LogP contribution in [-0.4, -0.2) is 32.3 Å². The quantitative estimate of drug-likeness (QED) is 0.477. The monoisotopic (exact) mass is 333 g/mol. The fraction of sp³-hybridized carbons (Fsp3) is 0.467. The first-order valence-corrected chi connectivity index (χ1v) is 8.23. The van der Waals surface area contributed by atoms with Crippen molar-refractivity contribution in [3.63, 3.8) is 0 Å². The third kappa shape index (κ3) is 4.62. The summed E-state index contributed by atoms with van der Waals surface area (Å²) in [4.78, 5) is 10.3. The van der Waals surface area contributed by atoms with Crippen LogP contribution in [0.3, 0.4) is 0 Å². The van der Waals surface area contributed by atoms with Crippen LogP contribution in [0.5, 0.6) is 0 Å². The highest BCUT2D eigenvalue weighted by atomic mass is 32.1. The molecule has 8 heteroatoms. The molecule has 23 heavy (non-hydrogen) atoms. The van der Waals surface area contributed by atoms with Crippen molar-refractivity contribution in [1.29, 1.82) is 0 Å². The number of thiazole rings is 1. The molecule has 2 heterocycles. The molecule has 7 nitrogen and oxygen atoms in total. The highest BCUT2D eigenvalue weighted by molar-refractivity contribution is 7.11. The van der Waals surface area contributed by atoms with Crippen molar-refractivity contribution in [2.75, 3.05) is 6.54 Å². The van der Waals surface area contributed by atoms with Crippen LogP contribution in [-0.2, 0) is 20.1 Å². The van der Waals surface area contributed by atoms with E-state index in [9.17, 15) is 0 Å². The Hall–Kier alpha value is -2.22. The van der Waals surface area contributed by atoms with Crippen LogP contribution in [0.1, 0.15) is 27.2 Å². The molecule has 2 aromatic rings. The second kappa shape index (κ2) is 7.87. The average Bonchev–Trinajstić information content (AvgIpc) is 3.02. The maximum Gasteiger partial charge on any atom is 0.192 e. The van der Waals surface area contributed by atoms with E-state index in [0.29, 0.717) is 25.6 Å². The van der Waals surface area contributed by atoms with E-state index in [1.165, 1.54) is 4.88 Å². The predicted octanol–water partition coefficient (Wildman–Crippen LogP) is 1.62. The van der Waals surface area contributed by atoms with Crippen LogP contribution in [0.25, 0.3) is 0 Å². The van der Waals surface area contributed by atoms with Crippen molar-refractivity contribution in [2.45, 2.75) is 33.9 Å². The van der Waals surface area contributed by atoms with Gasteiger partial charge >= 0.3 is 0 Å². The first-order chi connectivity index (χ1) is 11.0. The molecular weight excluding hydrogens is 310 g/mol. The summed E-state index contributed by atoms with van der Waals surface area (Å²) in [6.07, 6.45) is 1.79. The van der Waals surface area contributed by atoms with E-state index < -0.39 is 0 Å². The van der Waals surface area contributed by atoms with Crippen LogP contribution in [0.4, 0.5) is 0 Å². The molecule has 0 bridgehead atoms. The zero-order valence-electron chi connectivity index (χ0n) is 14.1. The predicted molar refractivity (Wildman–Crippen MR) is 93.5 cm³/mol. The third-order valence-corrected chi connectivity index (χ3v) is 4.53. The lowest BCUT2D eigenvalue weighted by atomic mass is 10.4. The van der Waals surface area contributed by atoms with Crippen molar-refractivity contribution in [1.82, 2.24) is 30.4 Å². The minimum absolute atomic E-state index is 0.458. The van der Waals surface area contributed by atoms with Gasteiger partial charge < -0.3 is 15.2 Å². The van der Waals surface area contributed by atoms with Crippen molar-refractivity contribution in [2.24, 2.45) is 12.0 Å². The Morgan fingerprint density at radius 2 is 2.09 bits per heavy atom. The maximum absolute atomic E-state index is 4.55. The summed E-state index contributed by atoms with van der Waals surface area (Å²) in [6, 6.07) is 0. The molecule has 2 aromatic heterocycles. The van der Waals surface area contributed by atoms with Crippen molar-refractivity contribution in [3.05, 3.63) is 39.9 Å². The summed E-state index contributed by atoms with van der Waals surface area (Å²) in [5.41, 5.74) is 1.08. The van der Waals surface area contributed by atoms with E-state index in [4.69, 9.17) is 0 Å². The molecular formula is C15H23N7S. The molecule has 0 aromatic carbocycles. The molecule has 0 amide bonds. The Morgan fingerprint density at radius 3 is 2.65 bits per heavy atom. The highest BCUT2D eigenvalue weighted by Crippen LogP contribution is 2.15. The Balaban J connectivity index is 2.01. The fourth-order valence-corrected chi connectivity index (χ4v) is 2.73. The number of guanidine groups is 1. The average molecular weight is 333 g/mol. The van der Waals surface area contributed by atoms with Gasteiger partial charge in [-0.2, -0.15) is 0 Å². The molecule has 0 fully saturated rings. The van der Waals surface area contributed by atoms with Gasteiger partial charge in [-0.1, -0.05) is 6.08 Å². The largest absolute Gasteiger partial charge is 0.353 e. The van der Waals surface area contributed by atoms with Crippen LogP contribution >= 0.6 is 11.3 Å². The number of hydrogen-bond donors (Lipinski definition) is 2. The summed E-state index contributed by atoms with van der Waals surface area (Å²) < 4.78 is 1.93. The lowest BCUT2D eigenvalue weighted by Crippen LogP contribution is -2.37. The van der Waals surface area contributed by atoms with Gasteiger partial charge in [0.05, 0.1) is 12.2 Å². The zero-order chi connectivity index (χ0) is 16.8. The summed E-state index contributed by atoms with van der Waals surface area (Å²) in [7, 11) is 1.94. The lowest BCUT2D eigenvalue weighted by Gasteiger charge is -2.10. The Kier molecular flexibility index (Phi) is 5.86. The molecule has 0 saturated carbocycles. The molecule has 0 aliphatic rings. The molecule has 0 radical (unpaired) electrons. The second-order valence-corrected chi connectivity index (χ2v) is 6.45. The summed E-state index contributed by atoms with van der Waals surface area (Å²) in [5.74, 6) is 2.40. The second-order valence-electron chi connectivity index (χ2n) is 5.16. The van der Waals surface area contributed by atoms with Crippen LogP contribution < -0.4 is 10.6 Å². The van der Waals surface area contributed by atoms with Gasteiger partial charge in [0.1, 0.15) is 17.4 Å². The maximum atomic E-state index is 4.55. The SMILES string of the molecule is C=CCNC(=NCc1nnc(C)n1C)NCc1nc(C)c(C)s1. The van der Waals surface area contributed by atoms with E-state index in [0.717, 1.165) is 22.4 Å². The van der Waals surface area contributed by atoms with E-state index in [2.05, 4.69) is 44.3 Å². The molecule has 2 N–H and O–H groups in total. The normalized spacial score (nSPS) is 11.6. The zero-order valence-corrected chi connectivity index (χ0v) is 14.9. The van der Waals surface area contributed by atoms with Gasteiger partial charge in [0.15, 0.2) is 11.8 Å². The van der Waals surface area contributed by atoms with Gasteiger partial charge in [-0.15, -0.1) is 28.1 Å². The molecule has 0 aliphatic heterocycles.